The summed E-state index contributed by atoms with van der Waals surface area (Å²) in [4.78, 5) is 0. The van der Waals surface area contributed by atoms with Crippen molar-refractivity contribution in [2.24, 2.45) is 0 Å². The summed E-state index contributed by atoms with van der Waals surface area (Å²) in [6, 6.07) is 21.3. The number of halogens is 3. The zero-order chi connectivity index (χ0) is 19.2. The Bertz CT molecular complexity index is 1040. The normalized spacial score (nSPS) is 11.1. The predicted molar refractivity (Wildman–Crippen MR) is 115 cm³/mol. The van der Waals surface area contributed by atoms with E-state index in [1.54, 1.807) is 18.2 Å². The highest BCUT2D eigenvalue weighted by Crippen LogP contribution is 2.27. The Morgan fingerprint density at radius 3 is 2.63 bits per heavy atom. The first-order valence-corrected chi connectivity index (χ1v) is 9.56. The van der Waals surface area contributed by atoms with Crippen molar-refractivity contribution in [2.75, 3.05) is 0 Å². The van der Waals surface area contributed by atoms with Gasteiger partial charge in [0.15, 0.2) is 0 Å². The summed E-state index contributed by atoms with van der Waals surface area (Å²) in [5.41, 5.74) is 2.70. The summed E-state index contributed by atoms with van der Waals surface area (Å²) in [7, 11) is 0. The Hall–Kier alpha value is -2.36. The van der Waals surface area contributed by atoms with Gasteiger partial charge in [0.25, 0.3) is 0 Å². The second-order valence-corrected chi connectivity index (χ2v) is 7.32. The highest BCUT2D eigenvalue weighted by atomic mass is 127. The summed E-state index contributed by atoms with van der Waals surface area (Å²) in [6.45, 7) is 0.373. The third-order valence-corrected chi connectivity index (χ3v) is 5.08. The number of hydrogen-bond acceptors (Lipinski definition) is 2. The van der Waals surface area contributed by atoms with Crippen LogP contribution in [0.2, 0.25) is 5.02 Å². The lowest BCUT2D eigenvalue weighted by atomic mass is 10.0. The molecule has 0 aliphatic rings. The maximum atomic E-state index is 13.4. The van der Waals surface area contributed by atoms with Crippen molar-refractivity contribution in [3.8, 4) is 11.8 Å². The van der Waals surface area contributed by atoms with Gasteiger partial charge in [-0.05, 0) is 70.1 Å². The van der Waals surface area contributed by atoms with E-state index in [2.05, 4.69) is 28.7 Å². The second-order valence-electron chi connectivity index (χ2n) is 5.75. The molecule has 0 radical (unpaired) electrons. The van der Waals surface area contributed by atoms with Gasteiger partial charge in [0.1, 0.15) is 18.2 Å². The summed E-state index contributed by atoms with van der Waals surface area (Å²) < 4.78 is 20.2. The van der Waals surface area contributed by atoms with Crippen LogP contribution in [0.3, 0.4) is 0 Å². The van der Waals surface area contributed by atoms with Gasteiger partial charge in [0.05, 0.1) is 15.2 Å². The molecule has 0 fully saturated rings. The average molecular weight is 490 g/mol. The van der Waals surface area contributed by atoms with E-state index >= 15 is 0 Å². The molecule has 0 aliphatic carbocycles. The molecule has 27 heavy (non-hydrogen) atoms. The van der Waals surface area contributed by atoms with E-state index in [0.717, 1.165) is 20.4 Å². The average Bonchev–Trinajstić information content (AvgIpc) is 2.66. The number of allylic oxidation sites excluding steroid dienone is 1. The molecule has 134 valence electrons. The molecule has 3 aromatic rings. The largest absolute Gasteiger partial charge is 0.488 e. The van der Waals surface area contributed by atoms with Crippen molar-refractivity contribution in [1.29, 1.82) is 5.26 Å². The standard InChI is InChI=1S/C22H14ClFINO/c23-20-7-2-1-4-17(20)14-27-22-9-8-15(11-21(22)25)10-18(13-26)16-5-3-6-19(24)12-16/h1-12H,14H2/b18-10-. The third kappa shape index (κ3) is 5.09. The van der Waals surface area contributed by atoms with E-state index in [9.17, 15) is 9.65 Å². The number of hydrogen-bond donors (Lipinski definition) is 0. The molecule has 0 amide bonds. The molecule has 0 atom stereocenters. The first-order valence-electron chi connectivity index (χ1n) is 8.10. The molecular formula is C22H14ClFINO. The smallest absolute Gasteiger partial charge is 0.133 e. The van der Waals surface area contributed by atoms with Gasteiger partial charge >= 0.3 is 0 Å². The van der Waals surface area contributed by atoms with Crippen molar-refractivity contribution in [2.45, 2.75) is 6.61 Å². The molecule has 0 bridgehead atoms. The van der Waals surface area contributed by atoms with Gasteiger partial charge in [-0.25, -0.2) is 4.39 Å². The molecule has 0 aliphatic heterocycles. The Kier molecular flexibility index (Phi) is 6.49. The highest BCUT2D eigenvalue weighted by Gasteiger charge is 2.07. The number of ether oxygens (including phenoxy) is 1. The molecule has 3 aromatic carbocycles. The van der Waals surface area contributed by atoms with Crippen LogP contribution in [-0.4, -0.2) is 0 Å². The summed E-state index contributed by atoms with van der Waals surface area (Å²) >= 11 is 8.34. The number of benzene rings is 3. The number of nitrogens with zero attached hydrogens (tertiary/aromatic N) is 1. The minimum Gasteiger partial charge on any atom is -0.488 e. The van der Waals surface area contributed by atoms with Crippen LogP contribution in [0.1, 0.15) is 16.7 Å². The SMILES string of the molecule is N#C/C(=C/c1ccc(OCc2ccccc2Cl)c(I)c1)c1cccc(F)c1. The number of nitriles is 1. The summed E-state index contributed by atoms with van der Waals surface area (Å²) in [5, 5.41) is 10.1. The lowest BCUT2D eigenvalue weighted by molar-refractivity contribution is 0.304. The molecular weight excluding hydrogens is 476 g/mol. The second kappa shape index (κ2) is 9.03. The molecule has 0 saturated heterocycles. The van der Waals surface area contributed by atoms with E-state index in [0.29, 0.717) is 22.8 Å². The van der Waals surface area contributed by atoms with Gasteiger partial charge in [-0.3, -0.25) is 0 Å². The molecule has 0 saturated carbocycles. The molecule has 2 nitrogen and oxygen atoms in total. The van der Waals surface area contributed by atoms with Crippen LogP contribution >= 0.6 is 34.2 Å². The summed E-state index contributed by atoms with van der Waals surface area (Å²) in [6.07, 6.45) is 1.73. The van der Waals surface area contributed by atoms with Crippen LogP contribution in [0.5, 0.6) is 5.75 Å². The lowest BCUT2D eigenvalue weighted by Gasteiger charge is -2.10. The fourth-order valence-corrected chi connectivity index (χ4v) is 3.38. The van der Waals surface area contributed by atoms with E-state index in [1.165, 1.54) is 12.1 Å². The molecule has 0 unspecified atom stereocenters. The van der Waals surface area contributed by atoms with Crippen molar-refractivity contribution >= 4 is 45.8 Å². The number of rotatable bonds is 5. The molecule has 0 heterocycles. The van der Waals surface area contributed by atoms with Crippen molar-refractivity contribution < 1.29 is 9.13 Å². The van der Waals surface area contributed by atoms with Crippen molar-refractivity contribution in [3.63, 3.8) is 0 Å². The Morgan fingerprint density at radius 1 is 1.11 bits per heavy atom. The van der Waals surface area contributed by atoms with Crippen LogP contribution in [0, 0.1) is 20.7 Å². The van der Waals surface area contributed by atoms with Crippen molar-refractivity contribution in [3.05, 3.63) is 97.8 Å². The quantitative estimate of drug-likeness (QED) is 0.226. The highest BCUT2D eigenvalue weighted by molar-refractivity contribution is 14.1. The van der Waals surface area contributed by atoms with Gasteiger partial charge < -0.3 is 4.74 Å². The minimum atomic E-state index is -0.369. The van der Waals surface area contributed by atoms with Crippen LogP contribution in [-0.2, 0) is 6.61 Å². The fourth-order valence-electron chi connectivity index (χ4n) is 2.50. The van der Waals surface area contributed by atoms with E-state index in [-0.39, 0.29) is 5.82 Å². The Balaban J connectivity index is 1.80. The molecule has 0 aromatic heterocycles. The van der Waals surface area contributed by atoms with Gasteiger partial charge in [-0.1, -0.05) is 48.0 Å². The van der Waals surface area contributed by atoms with Crippen molar-refractivity contribution in [1.82, 2.24) is 0 Å². The van der Waals surface area contributed by atoms with E-state index in [4.69, 9.17) is 16.3 Å². The molecule has 0 N–H and O–H groups in total. The zero-order valence-corrected chi connectivity index (χ0v) is 17.0. The first-order chi connectivity index (χ1) is 13.1. The van der Waals surface area contributed by atoms with E-state index in [1.807, 2.05) is 42.5 Å². The van der Waals surface area contributed by atoms with Crippen LogP contribution in [0.25, 0.3) is 11.6 Å². The topological polar surface area (TPSA) is 33.0 Å². The maximum absolute atomic E-state index is 13.4. The monoisotopic (exact) mass is 489 g/mol. The lowest BCUT2D eigenvalue weighted by Crippen LogP contribution is -1.98. The fraction of sp³-hybridized carbons (Fsp3) is 0.0455. The zero-order valence-electron chi connectivity index (χ0n) is 14.1. The van der Waals surface area contributed by atoms with Gasteiger partial charge in [0, 0.05) is 10.6 Å². The van der Waals surface area contributed by atoms with Crippen LogP contribution in [0.15, 0.2) is 66.7 Å². The van der Waals surface area contributed by atoms with Gasteiger partial charge in [0.2, 0.25) is 0 Å². The molecule has 0 spiro atoms. The minimum absolute atomic E-state index is 0.369. The first kappa shape index (κ1) is 19.4. The van der Waals surface area contributed by atoms with Gasteiger partial charge in [-0.15, -0.1) is 0 Å². The Morgan fingerprint density at radius 2 is 1.93 bits per heavy atom. The molecule has 5 heteroatoms. The van der Waals surface area contributed by atoms with Gasteiger partial charge in [-0.2, -0.15) is 5.26 Å². The summed E-state index contributed by atoms with van der Waals surface area (Å²) in [5.74, 6) is 0.364. The maximum Gasteiger partial charge on any atom is 0.133 e. The third-order valence-electron chi connectivity index (χ3n) is 3.86. The Labute approximate surface area is 176 Å². The van der Waals surface area contributed by atoms with Crippen LogP contribution in [0.4, 0.5) is 4.39 Å². The van der Waals surface area contributed by atoms with E-state index < -0.39 is 0 Å². The van der Waals surface area contributed by atoms with Crippen LogP contribution < -0.4 is 4.74 Å². The predicted octanol–water partition coefficient (Wildman–Crippen LogP) is 6.73. The molecule has 3 rings (SSSR count).